The zero-order valence-electron chi connectivity index (χ0n) is 24.5. The summed E-state index contributed by atoms with van der Waals surface area (Å²) in [5.41, 5.74) is 2.05. The molecule has 228 valence electrons. The summed E-state index contributed by atoms with van der Waals surface area (Å²) >= 11 is 0. The van der Waals surface area contributed by atoms with Crippen molar-refractivity contribution >= 4 is 27.5 Å². The summed E-state index contributed by atoms with van der Waals surface area (Å²) in [6, 6.07) is 23.1. The molecule has 1 aliphatic carbocycles. The van der Waals surface area contributed by atoms with Crippen LogP contribution in [0.1, 0.15) is 50.2 Å². The van der Waals surface area contributed by atoms with E-state index < -0.39 is 28.5 Å². The molecule has 1 heterocycles. The number of sulfonamides is 1. The fraction of sp³-hybridized carbons (Fsp3) is 0.394. The number of anilines is 1. The lowest BCUT2D eigenvalue weighted by Crippen LogP contribution is -2.55. The SMILES string of the molecule is CCS(=O)(=O)N(CC(=O)N(Cc1ccccc1)[C@H](Cc1ccccc1)C(=O)NC1CCCCC1)c1ccc2c(c1)OCO2. The highest BCUT2D eigenvalue weighted by Crippen LogP contribution is 2.36. The molecule has 0 bridgehead atoms. The summed E-state index contributed by atoms with van der Waals surface area (Å²) in [6.07, 6.45) is 5.37. The van der Waals surface area contributed by atoms with Gasteiger partial charge in [-0.1, -0.05) is 79.9 Å². The maximum atomic E-state index is 14.3. The van der Waals surface area contributed by atoms with Crippen molar-refractivity contribution in [3.8, 4) is 11.5 Å². The second-order valence-electron chi connectivity index (χ2n) is 11.0. The summed E-state index contributed by atoms with van der Waals surface area (Å²) in [4.78, 5) is 29.9. The highest BCUT2D eigenvalue weighted by atomic mass is 32.2. The molecule has 2 aliphatic rings. The first-order valence-corrected chi connectivity index (χ1v) is 16.5. The minimum atomic E-state index is -3.87. The summed E-state index contributed by atoms with van der Waals surface area (Å²) in [5, 5.41) is 3.22. The molecule has 0 saturated heterocycles. The second kappa shape index (κ2) is 13.9. The minimum absolute atomic E-state index is 0.0420. The van der Waals surface area contributed by atoms with Gasteiger partial charge >= 0.3 is 0 Å². The minimum Gasteiger partial charge on any atom is -0.454 e. The number of ether oxygens (including phenoxy) is 2. The zero-order chi connectivity index (χ0) is 30.2. The van der Waals surface area contributed by atoms with E-state index in [0.29, 0.717) is 23.6 Å². The Morgan fingerprint density at radius 1 is 0.884 bits per heavy atom. The molecule has 0 aromatic heterocycles. The van der Waals surface area contributed by atoms with Crippen LogP contribution < -0.4 is 19.1 Å². The summed E-state index contributed by atoms with van der Waals surface area (Å²) in [6.45, 7) is 1.26. The molecular formula is C33H39N3O6S. The van der Waals surface area contributed by atoms with Crippen molar-refractivity contribution in [2.24, 2.45) is 0 Å². The average molecular weight is 606 g/mol. The zero-order valence-corrected chi connectivity index (χ0v) is 25.3. The Morgan fingerprint density at radius 3 is 2.21 bits per heavy atom. The van der Waals surface area contributed by atoms with Crippen molar-refractivity contribution in [3.63, 3.8) is 0 Å². The van der Waals surface area contributed by atoms with Crippen LogP contribution in [0, 0.1) is 0 Å². The fourth-order valence-electron chi connectivity index (χ4n) is 5.64. The molecule has 1 fully saturated rings. The van der Waals surface area contributed by atoms with E-state index in [-0.39, 0.29) is 31.0 Å². The van der Waals surface area contributed by atoms with Gasteiger partial charge in [-0.15, -0.1) is 0 Å². The Kier molecular flexibility index (Phi) is 9.86. The number of nitrogens with one attached hydrogen (secondary N) is 1. The number of fused-ring (bicyclic) bond motifs is 1. The first kappa shape index (κ1) is 30.4. The van der Waals surface area contributed by atoms with Crippen LogP contribution in [0.3, 0.4) is 0 Å². The van der Waals surface area contributed by atoms with Gasteiger partial charge < -0.3 is 19.7 Å². The standard InChI is InChI=1S/C33H39N3O6S/c1-2-43(39,40)36(28-18-19-30-31(21-28)42-24-41-30)23-32(37)35(22-26-14-8-4-9-15-26)29(20-25-12-6-3-7-13-25)33(38)34-27-16-10-5-11-17-27/h3-4,6-9,12-15,18-19,21,27,29H,2,5,10-11,16-17,20,22-24H2,1H3,(H,34,38)/t29-/m1/s1. The third-order valence-electron chi connectivity index (χ3n) is 8.04. The Labute approximate surface area is 253 Å². The van der Waals surface area contributed by atoms with Crippen molar-refractivity contribution in [2.45, 2.75) is 64.1 Å². The number of hydrogen-bond acceptors (Lipinski definition) is 6. The van der Waals surface area contributed by atoms with Gasteiger partial charge in [0.25, 0.3) is 0 Å². The smallest absolute Gasteiger partial charge is 0.244 e. The maximum Gasteiger partial charge on any atom is 0.244 e. The van der Waals surface area contributed by atoms with Crippen LogP contribution >= 0.6 is 0 Å². The van der Waals surface area contributed by atoms with Crippen molar-refractivity contribution in [3.05, 3.63) is 90.0 Å². The fourth-order valence-corrected chi connectivity index (χ4v) is 6.69. The van der Waals surface area contributed by atoms with Crippen molar-refractivity contribution < 1.29 is 27.5 Å². The molecule has 1 N–H and O–H groups in total. The summed E-state index contributed by atoms with van der Waals surface area (Å²) in [7, 11) is -3.87. The molecule has 1 saturated carbocycles. The largest absolute Gasteiger partial charge is 0.454 e. The van der Waals surface area contributed by atoms with Crippen LogP contribution in [-0.4, -0.2) is 56.3 Å². The van der Waals surface area contributed by atoms with Crippen LogP contribution in [0.15, 0.2) is 78.9 Å². The van der Waals surface area contributed by atoms with Crippen molar-refractivity contribution in [1.29, 1.82) is 0 Å². The van der Waals surface area contributed by atoms with Gasteiger partial charge in [0.1, 0.15) is 12.6 Å². The Balaban J connectivity index is 1.50. The molecule has 0 unspecified atom stereocenters. The monoisotopic (exact) mass is 605 g/mol. The van der Waals surface area contributed by atoms with Crippen LogP contribution in [0.4, 0.5) is 5.69 Å². The lowest BCUT2D eigenvalue weighted by Gasteiger charge is -2.35. The molecule has 3 aromatic carbocycles. The quantitative estimate of drug-likeness (QED) is 0.322. The first-order valence-electron chi connectivity index (χ1n) is 14.9. The van der Waals surface area contributed by atoms with Gasteiger partial charge in [-0.3, -0.25) is 13.9 Å². The molecular weight excluding hydrogens is 566 g/mol. The van der Waals surface area contributed by atoms with Gasteiger partial charge in [0.15, 0.2) is 11.5 Å². The molecule has 43 heavy (non-hydrogen) atoms. The molecule has 0 radical (unpaired) electrons. The lowest BCUT2D eigenvalue weighted by molar-refractivity contribution is -0.140. The lowest BCUT2D eigenvalue weighted by atomic mass is 9.94. The maximum absolute atomic E-state index is 14.3. The summed E-state index contributed by atoms with van der Waals surface area (Å²) < 4.78 is 38.7. The topological polar surface area (TPSA) is 105 Å². The van der Waals surface area contributed by atoms with Crippen LogP contribution in [0.5, 0.6) is 11.5 Å². The number of carbonyl (C=O) groups excluding carboxylic acids is 2. The molecule has 2 amide bonds. The van der Waals surface area contributed by atoms with Gasteiger partial charge in [0.05, 0.1) is 11.4 Å². The van der Waals surface area contributed by atoms with Gasteiger partial charge in [0.2, 0.25) is 28.6 Å². The molecule has 5 rings (SSSR count). The molecule has 3 aromatic rings. The summed E-state index contributed by atoms with van der Waals surface area (Å²) in [5.74, 6) is 0.0164. The van der Waals surface area contributed by atoms with E-state index in [1.807, 2.05) is 60.7 Å². The number of carbonyl (C=O) groups is 2. The van der Waals surface area contributed by atoms with E-state index in [4.69, 9.17) is 9.47 Å². The molecule has 0 spiro atoms. The Bertz CT molecular complexity index is 1490. The van der Waals surface area contributed by atoms with Gasteiger partial charge in [-0.25, -0.2) is 8.42 Å². The number of rotatable bonds is 12. The van der Waals surface area contributed by atoms with Crippen LogP contribution in [-0.2, 0) is 32.6 Å². The van der Waals surface area contributed by atoms with E-state index in [2.05, 4.69) is 5.32 Å². The number of nitrogens with zero attached hydrogens (tertiary/aromatic N) is 2. The normalized spacial score (nSPS) is 15.5. The Hall–Kier alpha value is -4.05. The third-order valence-corrected chi connectivity index (χ3v) is 9.78. The van der Waals surface area contributed by atoms with Crippen molar-refractivity contribution in [1.82, 2.24) is 10.2 Å². The average Bonchev–Trinajstić information content (AvgIpc) is 3.51. The van der Waals surface area contributed by atoms with Crippen molar-refractivity contribution in [2.75, 3.05) is 23.4 Å². The molecule has 9 nitrogen and oxygen atoms in total. The highest BCUT2D eigenvalue weighted by molar-refractivity contribution is 7.92. The van der Waals surface area contributed by atoms with E-state index in [1.165, 1.54) is 11.8 Å². The predicted octanol–water partition coefficient (Wildman–Crippen LogP) is 4.66. The van der Waals surface area contributed by atoms with Gasteiger partial charge in [-0.2, -0.15) is 0 Å². The Morgan fingerprint density at radius 2 is 1.53 bits per heavy atom. The van der Waals surface area contributed by atoms with E-state index in [1.54, 1.807) is 18.2 Å². The van der Waals surface area contributed by atoms with E-state index >= 15 is 0 Å². The highest BCUT2D eigenvalue weighted by Gasteiger charge is 2.35. The van der Waals surface area contributed by atoms with E-state index in [9.17, 15) is 18.0 Å². The second-order valence-corrected chi connectivity index (χ2v) is 13.2. The first-order chi connectivity index (χ1) is 20.8. The van der Waals surface area contributed by atoms with Gasteiger partial charge in [0, 0.05) is 25.1 Å². The predicted molar refractivity (Wildman–Crippen MR) is 165 cm³/mol. The number of amides is 2. The van der Waals surface area contributed by atoms with Crippen LogP contribution in [0.2, 0.25) is 0 Å². The van der Waals surface area contributed by atoms with E-state index in [0.717, 1.165) is 47.5 Å². The number of benzene rings is 3. The molecule has 1 atom stereocenters. The van der Waals surface area contributed by atoms with Gasteiger partial charge in [-0.05, 0) is 43.0 Å². The third kappa shape index (κ3) is 7.67. The molecule has 10 heteroatoms. The van der Waals surface area contributed by atoms with Crippen LogP contribution in [0.25, 0.3) is 0 Å². The number of hydrogen-bond donors (Lipinski definition) is 1. The molecule has 1 aliphatic heterocycles.